The molecule has 0 atom stereocenters. The molecule has 0 radical (unpaired) electrons. The van der Waals surface area contributed by atoms with E-state index in [1.54, 1.807) is 31.4 Å². The van der Waals surface area contributed by atoms with E-state index < -0.39 is 15.4 Å². The van der Waals surface area contributed by atoms with Crippen molar-refractivity contribution in [2.24, 2.45) is 0 Å². The summed E-state index contributed by atoms with van der Waals surface area (Å²) in [5.74, 6) is 0.303. The molecule has 2 heterocycles. The van der Waals surface area contributed by atoms with Crippen molar-refractivity contribution in [2.75, 3.05) is 12.4 Å². The first-order valence-corrected chi connectivity index (χ1v) is 15.8. The summed E-state index contributed by atoms with van der Waals surface area (Å²) in [5.41, 5.74) is 5.16. The molecule has 0 amide bonds. The summed E-state index contributed by atoms with van der Waals surface area (Å²) in [5, 5.41) is 3.09. The average Bonchev–Trinajstić information content (AvgIpc) is 3.59. The summed E-state index contributed by atoms with van der Waals surface area (Å²) in [4.78, 5) is 14.5. The minimum Gasteiger partial charge on any atom is -0.496 e. The second-order valence-electron chi connectivity index (χ2n) is 11.0. The van der Waals surface area contributed by atoms with E-state index in [-0.39, 0.29) is 23.9 Å². The van der Waals surface area contributed by atoms with E-state index in [0.29, 0.717) is 23.5 Å². The molecular weight excluding hydrogens is 546 g/mol. The van der Waals surface area contributed by atoms with Crippen molar-refractivity contribution in [1.82, 2.24) is 0 Å². The Morgan fingerprint density at radius 3 is 2.45 bits per heavy atom. The van der Waals surface area contributed by atoms with Gasteiger partial charge in [0.15, 0.2) is 0 Å². The van der Waals surface area contributed by atoms with Crippen molar-refractivity contribution in [3.05, 3.63) is 69.4 Å². The van der Waals surface area contributed by atoms with Gasteiger partial charge >= 0.3 is 16.1 Å². The number of aryl methyl sites for hydroxylation is 1. The Morgan fingerprint density at radius 2 is 1.77 bits per heavy atom. The quantitative estimate of drug-likeness (QED) is 0.220. The van der Waals surface area contributed by atoms with Gasteiger partial charge < -0.3 is 19.0 Å². The molecule has 1 fully saturated rings. The largest absolute Gasteiger partial charge is 0.496 e. The molecule has 2 aromatic carbocycles. The Kier molecular flexibility index (Phi) is 7.72. The monoisotopic (exact) mass is 581 g/mol. The van der Waals surface area contributed by atoms with Crippen LogP contribution in [0.25, 0.3) is 16.7 Å². The molecule has 212 valence electrons. The molecule has 1 N–H and O–H groups in total. The maximum Gasteiger partial charge on any atom is 0.348 e. The molecule has 0 bridgehead atoms. The van der Waals surface area contributed by atoms with Crippen LogP contribution in [0, 0.1) is 6.92 Å². The summed E-state index contributed by atoms with van der Waals surface area (Å²) >= 11 is 1.40. The molecule has 9 heteroatoms. The van der Waals surface area contributed by atoms with E-state index in [2.05, 4.69) is 32.2 Å². The molecule has 1 saturated carbocycles. The normalized spacial score (nSPS) is 16.6. The van der Waals surface area contributed by atoms with Crippen LogP contribution in [0.1, 0.15) is 72.1 Å². The van der Waals surface area contributed by atoms with Crippen LogP contribution in [0.2, 0.25) is 0 Å². The first-order valence-electron chi connectivity index (χ1n) is 13.5. The Morgan fingerprint density at radius 1 is 1.05 bits per heavy atom. The standard InChI is InChI=1S/C31H35NO6S2/c1-19-17-31(3,4)32-26-14-13-23(25(29(19)26)18-37-30(33)28-15-10-20(2)39-28)24-12-11-21(16-27(24)36-5)38-40(34,35)22-8-6-7-9-22/h10-17,22,32H,6-9,18H2,1-5H3. The van der Waals surface area contributed by atoms with Crippen LogP contribution in [-0.2, 0) is 21.5 Å². The van der Waals surface area contributed by atoms with Crippen molar-refractivity contribution in [2.45, 2.75) is 70.8 Å². The zero-order valence-electron chi connectivity index (χ0n) is 23.5. The third-order valence-electron chi connectivity index (χ3n) is 7.42. The Balaban J connectivity index is 1.54. The van der Waals surface area contributed by atoms with Gasteiger partial charge in [0, 0.05) is 33.3 Å². The number of hydrogen-bond donors (Lipinski definition) is 1. The van der Waals surface area contributed by atoms with E-state index >= 15 is 0 Å². The van der Waals surface area contributed by atoms with Crippen molar-refractivity contribution >= 4 is 38.7 Å². The molecule has 0 unspecified atom stereocenters. The van der Waals surface area contributed by atoms with Gasteiger partial charge in [-0.25, -0.2) is 4.79 Å². The fourth-order valence-electron chi connectivity index (χ4n) is 5.68. The second-order valence-corrected chi connectivity index (χ2v) is 14.1. The highest BCUT2D eigenvalue weighted by Crippen LogP contribution is 2.44. The minimum absolute atomic E-state index is 0.0546. The van der Waals surface area contributed by atoms with Crippen LogP contribution in [0.4, 0.5) is 5.69 Å². The fourth-order valence-corrected chi connectivity index (χ4v) is 7.86. The van der Waals surface area contributed by atoms with E-state index in [0.717, 1.165) is 51.2 Å². The lowest BCUT2D eigenvalue weighted by Crippen LogP contribution is -2.32. The zero-order chi connectivity index (χ0) is 28.7. The van der Waals surface area contributed by atoms with Crippen LogP contribution in [0.15, 0.2) is 48.5 Å². The molecule has 0 spiro atoms. The van der Waals surface area contributed by atoms with Crippen LogP contribution < -0.4 is 14.2 Å². The van der Waals surface area contributed by atoms with Gasteiger partial charge in [-0.2, -0.15) is 8.42 Å². The predicted octanol–water partition coefficient (Wildman–Crippen LogP) is 7.35. The zero-order valence-corrected chi connectivity index (χ0v) is 25.1. The summed E-state index contributed by atoms with van der Waals surface area (Å²) in [6, 6.07) is 12.7. The molecule has 40 heavy (non-hydrogen) atoms. The van der Waals surface area contributed by atoms with Gasteiger partial charge in [0.05, 0.1) is 17.9 Å². The molecule has 1 aliphatic heterocycles. The van der Waals surface area contributed by atoms with Crippen molar-refractivity contribution in [3.63, 3.8) is 0 Å². The number of hydrogen-bond acceptors (Lipinski definition) is 8. The summed E-state index contributed by atoms with van der Waals surface area (Å²) in [6.07, 6.45) is 5.20. The van der Waals surface area contributed by atoms with Gasteiger partial charge in [0.1, 0.15) is 23.0 Å². The first-order chi connectivity index (χ1) is 19.0. The lowest BCUT2D eigenvalue weighted by molar-refractivity contribution is 0.0479. The number of allylic oxidation sites excluding steroid dienone is 1. The number of anilines is 1. The van der Waals surface area contributed by atoms with Gasteiger partial charge in [-0.1, -0.05) is 25.0 Å². The number of thiophene rings is 1. The van der Waals surface area contributed by atoms with Gasteiger partial charge in [-0.3, -0.25) is 0 Å². The van der Waals surface area contributed by atoms with Crippen molar-refractivity contribution < 1.29 is 26.9 Å². The maximum atomic E-state index is 12.9. The van der Waals surface area contributed by atoms with Crippen LogP contribution in [0.5, 0.6) is 11.5 Å². The molecule has 3 aromatic rings. The van der Waals surface area contributed by atoms with E-state index in [1.165, 1.54) is 11.3 Å². The maximum absolute atomic E-state index is 12.9. The molecule has 2 aliphatic rings. The number of nitrogens with one attached hydrogen (secondary N) is 1. The first kappa shape index (κ1) is 28.2. The SMILES string of the molecule is COc1cc(OS(=O)(=O)C2CCCC2)ccc1-c1ccc2c(c1COC(=O)c1ccc(C)s1)C(C)=CC(C)(C)N2. The summed E-state index contributed by atoms with van der Waals surface area (Å²) < 4.78 is 42.7. The minimum atomic E-state index is -3.72. The molecule has 1 aliphatic carbocycles. The molecule has 7 nitrogen and oxygen atoms in total. The molecule has 0 saturated heterocycles. The number of benzene rings is 2. The van der Waals surface area contributed by atoms with Gasteiger partial charge in [0.2, 0.25) is 0 Å². The Bertz CT molecular complexity index is 1580. The molecule has 5 rings (SSSR count). The predicted molar refractivity (Wildman–Crippen MR) is 160 cm³/mol. The lowest BCUT2D eigenvalue weighted by Gasteiger charge is -2.33. The third kappa shape index (κ3) is 5.76. The number of methoxy groups -OCH3 is 1. The van der Waals surface area contributed by atoms with E-state index in [9.17, 15) is 13.2 Å². The summed E-state index contributed by atoms with van der Waals surface area (Å²) in [7, 11) is -2.18. The van der Waals surface area contributed by atoms with Crippen LogP contribution >= 0.6 is 11.3 Å². The highest BCUT2D eigenvalue weighted by atomic mass is 32.2. The van der Waals surface area contributed by atoms with Crippen LogP contribution in [-0.4, -0.2) is 32.3 Å². The number of ether oxygens (including phenoxy) is 2. The molecule has 1 aromatic heterocycles. The average molecular weight is 582 g/mol. The topological polar surface area (TPSA) is 90.9 Å². The van der Waals surface area contributed by atoms with E-state index in [1.807, 2.05) is 25.1 Å². The van der Waals surface area contributed by atoms with Crippen molar-refractivity contribution in [1.29, 1.82) is 0 Å². The summed E-state index contributed by atoms with van der Waals surface area (Å²) in [6.45, 7) is 8.27. The van der Waals surface area contributed by atoms with Crippen molar-refractivity contribution in [3.8, 4) is 22.6 Å². The number of carbonyl (C=O) groups excluding carboxylic acids is 1. The molecular formula is C31H35NO6S2. The number of fused-ring (bicyclic) bond motifs is 1. The van der Waals surface area contributed by atoms with Crippen LogP contribution in [0.3, 0.4) is 0 Å². The third-order valence-corrected chi connectivity index (χ3v) is 10.1. The fraction of sp³-hybridized carbons (Fsp3) is 0.387. The second kappa shape index (κ2) is 10.9. The number of rotatable bonds is 8. The number of esters is 1. The Hall–Kier alpha value is -3.30. The van der Waals surface area contributed by atoms with E-state index in [4.69, 9.17) is 13.7 Å². The smallest absolute Gasteiger partial charge is 0.348 e. The lowest BCUT2D eigenvalue weighted by atomic mass is 9.85. The highest BCUT2D eigenvalue weighted by molar-refractivity contribution is 7.87. The highest BCUT2D eigenvalue weighted by Gasteiger charge is 2.31. The Labute approximate surface area is 240 Å². The van der Waals surface area contributed by atoms with Gasteiger partial charge in [-0.15, -0.1) is 11.3 Å². The van der Waals surface area contributed by atoms with Gasteiger partial charge in [0.25, 0.3) is 0 Å². The number of carbonyl (C=O) groups is 1. The van der Waals surface area contributed by atoms with Gasteiger partial charge in [-0.05, 0) is 82.0 Å².